The zero-order valence-electron chi connectivity index (χ0n) is 8.40. The van der Waals surface area contributed by atoms with Crippen molar-refractivity contribution in [2.75, 3.05) is 0 Å². The average molecular weight is 201 g/mol. The van der Waals surface area contributed by atoms with Crippen LogP contribution >= 0.6 is 0 Å². The lowest BCUT2D eigenvalue weighted by Crippen LogP contribution is -1.97. The van der Waals surface area contributed by atoms with Gasteiger partial charge in [0.2, 0.25) is 0 Å². The maximum absolute atomic E-state index is 11.5. The smallest absolute Gasteiger partial charge is 0.166 e. The molecule has 0 saturated carbocycles. The Morgan fingerprint density at radius 1 is 1.40 bits per heavy atom. The largest absolute Gasteiger partial charge is 0.507 e. The van der Waals surface area contributed by atoms with Gasteiger partial charge in [-0.05, 0) is 12.1 Å². The van der Waals surface area contributed by atoms with Gasteiger partial charge in [0.05, 0.1) is 5.56 Å². The van der Waals surface area contributed by atoms with E-state index in [0.29, 0.717) is 17.4 Å². The summed E-state index contributed by atoms with van der Waals surface area (Å²) in [6, 6.07) is 5.15. The number of phenolic OH excluding ortho intramolecular Hbond substituents is 1. The van der Waals surface area contributed by atoms with Gasteiger partial charge in [0, 0.05) is 29.6 Å². The number of carbonyl (C=O) groups is 1. The Bertz CT molecular complexity index is 520. The van der Waals surface area contributed by atoms with Crippen LogP contribution in [0.5, 0.6) is 5.75 Å². The number of aromatic nitrogens is 1. The number of hydrogen-bond acceptors (Lipinski definition) is 3. The van der Waals surface area contributed by atoms with Crippen molar-refractivity contribution in [2.24, 2.45) is 0 Å². The maximum Gasteiger partial charge on any atom is 0.166 e. The first-order chi connectivity index (χ1) is 7.24. The van der Waals surface area contributed by atoms with E-state index in [4.69, 9.17) is 0 Å². The minimum absolute atomic E-state index is 0.0498. The van der Waals surface area contributed by atoms with E-state index >= 15 is 0 Å². The summed E-state index contributed by atoms with van der Waals surface area (Å²) >= 11 is 0. The molecule has 0 fully saturated rings. The molecular weight excluding hydrogens is 190 g/mol. The number of rotatable bonds is 2. The lowest BCUT2D eigenvalue weighted by atomic mass is 10.0. The zero-order valence-corrected chi connectivity index (χ0v) is 8.40. The van der Waals surface area contributed by atoms with Crippen molar-refractivity contribution in [2.45, 2.75) is 13.3 Å². The van der Waals surface area contributed by atoms with Gasteiger partial charge in [-0.1, -0.05) is 13.0 Å². The van der Waals surface area contributed by atoms with Crippen molar-refractivity contribution in [1.82, 2.24) is 4.98 Å². The molecule has 1 heterocycles. The highest BCUT2D eigenvalue weighted by Crippen LogP contribution is 2.28. The highest BCUT2D eigenvalue weighted by Gasteiger charge is 2.11. The minimum atomic E-state index is -0.0498. The van der Waals surface area contributed by atoms with Crippen molar-refractivity contribution >= 4 is 16.6 Å². The molecule has 2 aromatic rings. The highest BCUT2D eigenvalue weighted by atomic mass is 16.3. The van der Waals surface area contributed by atoms with Crippen LogP contribution in [0, 0.1) is 0 Å². The third kappa shape index (κ3) is 1.56. The average Bonchev–Trinajstić information content (AvgIpc) is 2.29. The second-order valence-electron chi connectivity index (χ2n) is 3.34. The molecule has 0 bridgehead atoms. The Labute approximate surface area is 87.4 Å². The van der Waals surface area contributed by atoms with E-state index in [-0.39, 0.29) is 11.5 Å². The Morgan fingerprint density at radius 2 is 2.20 bits per heavy atom. The Morgan fingerprint density at radius 3 is 2.93 bits per heavy atom. The number of phenols is 1. The number of hydrogen-bond donors (Lipinski definition) is 1. The van der Waals surface area contributed by atoms with E-state index in [1.807, 2.05) is 0 Å². The number of ketones is 1. The first-order valence-electron chi connectivity index (χ1n) is 4.83. The number of aromatic hydroxyl groups is 1. The van der Waals surface area contributed by atoms with Gasteiger partial charge in [-0.15, -0.1) is 0 Å². The van der Waals surface area contributed by atoms with Crippen molar-refractivity contribution in [3.63, 3.8) is 0 Å². The van der Waals surface area contributed by atoms with Gasteiger partial charge in [0.15, 0.2) is 5.78 Å². The number of nitrogens with zero attached hydrogens (tertiary/aromatic N) is 1. The van der Waals surface area contributed by atoms with Gasteiger partial charge in [-0.2, -0.15) is 0 Å². The molecule has 0 unspecified atom stereocenters. The molecule has 0 atom stereocenters. The third-order valence-electron chi connectivity index (χ3n) is 2.41. The van der Waals surface area contributed by atoms with Crippen LogP contribution in [0.25, 0.3) is 10.8 Å². The van der Waals surface area contributed by atoms with Gasteiger partial charge < -0.3 is 5.11 Å². The Hall–Kier alpha value is -1.90. The fraction of sp³-hybridized carbons (Fsp3) is 0.167. The molecule has 1 N–H and O–H groups in total. The molecule has 1 aromatic heterocycles. The summed E-state index contributed by atoms with van der Waals surface area (Å²) in [7, 11) is 0. The Balaban J connectivity index is 2.70. The molecule has 0 aliphatic heterocycles. The van der Waals surface area contributed by atoms with Gasteiger partial charge in [0.1, 0.15) is 5.75 Å². The molecule has 76 valence electrons. The van der Waals surface area contributed by atoms with Crippen LogP contribution < -0.4 is 0 Å². The van der Waals surface area contributed by atoms with Crippen LogP contribution in [0.15, 0.2) is 30.6 Å². The fourth-order valence-corrected chi connectivity index (χ4v) is 1.57. The minimum Gasteiger partial charge on any atom is -0.507 e. The SMILES string of the molecule is CCC(=O)c1ccc2cnccc2c1O. The summed E-state index contributed by atoms with van der Waals surface area (Å²) in [6.07, 6.45) is 3.65. The van der Waals surface area contributed by atoms with Crippen LogP contribution in [0.4, 0.5) is 0 Å². The van der Waals surface area contributed by atoms with E-state index in [9.17, 15) is 9.90 Å². The van der Waals surface area contributed by atoms with Gasteiger partial charge in [0.25, 0.3) is 0 Å². The monoisotopic (exact) mass is 201 g/mol. The molecule has 0 saturated heterocycles. The number of fused-ring (bicyclic) bond motifs is 1. The highest BCUT2D eigenvalue weighted by molar-refractivity contribution is 6.04. The second-order valence-corrected chi connectivity index (χ2v) is 3.34. The molecule has 15 heavy (non-hydrogen) atoms. The van der Waals surface area contributed by atoms with E-state index in [2.05, 4.69) is 4.98 Å². The van der Waals surface area contributed by atoms with Crippen LogP contribution in [0.1, 0.15) is 23.7 Å². The maximum atomic E-state index is 11.5. The third-order valence-corrected chi connectivity index (χ3v) is 2.41. The zero-order chi connectivity index (χ0) is 10.8. The van der Waals surface area contributed by atoms with E-state index in [1.54, 1.807) is 37.5 Å². The van der Waals surface area contributed by atoms with Crippen LogP contribution in [0.2, 0.25) is 0 Å². The van der Waals surface area contributed by atoms with E-state index in [1.165, 1.54) is 0 Å². The number of carbonyl (C=O) groups excluding carboxylic acids is 1. The molecule has 0 spiro atoms. The van der Waals surface area contributed by atoms with Crippen LogP contribution in [0.3, 0.4) is 0 Å². The van der Waals surface area contributed by atoms with Gasteiger partial charge in [-0.3, -0.25) is 9.78 Å². The molecule has 3 nitrogen and oxygen atoms in total. The van der Waals surface area contributed by atoms with Crippen molar-refractivity contribution in [1.29, 1.82) is 0 Å². The molecule has 0 radical (unpaired) electrons. The fourth-order valence-electron chi connectivity index (χ4n) is 1.57. The van der Waals surface area contributed by atoms with Crippen molar-refractivity contribution in [3.05, 3.63) is 36.2 Å². The summed E-state index contributed by atoms with van der Waals surface area (Å²) in [5.74, 6) is 0.00737. The molecule has 0 aliphatic carbocycles. The normalized spacial score (nSPS) is 10.5. The van der Waals surface area contributed by atoms with Gasteiger partial charge in [-0.25, -0.2) is 0 Å². The van der Waals surface area contributed by atoms with Crippen LogP contribution in [-0.4, -0.2) is 15.9 Å². The lowest BCUT2D eigenvalue weighted by Gasteiger charge is -2.05. The van der Waals surface area contributed by atoms with Crippen molar-refractivity contribution in [3.8, 4) is 5.75 Å². The molecule has 0 amide bonds. The molecule has 3 heteroatoms. The first kappa shape index (κ1) is 9.65. The summed E-state index contributed by atoms with van der Waals surface area (Å²) in [5.41, 5.74) is 0.385. The molecule has 0 aliphatic rings. The first-order valence-corrected chi connectivity index (χ1v) is 4.83. The number of pyridine rings is 1. The topological polar surface area (TPSA) is 50.2 Å². The van der Waals surface area contributed by atoms with E-state index in [0.717, 1.165) is 5.39 Å². The summed E-state index contributed by atoms with van der Waals surface area (Å²) in [5, 5.41) is 11.4. The quantitative estimate of drug-likeness (QED) is 0.759. The van der Waals surface area contributed by atoms with Crippen molar-refractivity contribution < 1.29 is 9.90 Å². The molecule has 2 rings (SSSR count). The summed E-state index contributed by atoms with van der Waals surface area (Å²) in [6.45, 7) is 1.78. The number of Topliss-reactive ketones (excluding diaryl/α,β-unsaturated/α-hetero) is 1. The van der Waals surface area contributed by atoms with Gasteiger partial charge >= 0.3 is 0 Å². The predicted octanol–water partition coefficient (Wildman–Crippen LogP) is 2.53. The predicted molar refractivity (Wildman–Crippen MR) is 58.0 cm³/mol. The van der Waals surface area contributed by atoms with E-state index < -0.39 is 0 Å². The number of benzene rings is 1. The Kier molecular flexibility index (Phi) is 2.37. The standard InChI is InChI=1S/C12H11NO2/c1-2-11(14)10-4-3-8-7-13-6-5-9(8)12(10)15/h3-7,15H,2H2,1H3. The molecule has 1 aromatic carbocycles. The van der Waals surface area contributed by atoms with Crippen LogP contribution in [-0.2, 0) is 0 Å². The lowest BCUT2D eigenvalue weighted by molar-refractivity contribution is 0.0986. The second kappa shape index (κ2) is 3.69. The summed E-state index contributed by atoms with van der Waals surface area (Å²) < 4.78 is 0. The molecular formula is C12H11NO2. The summed E-state index contributed by atoms with van der Waals surface area (Å²) in [4.78, 5) is 15.5.